The van der Waals surface area contributed by atoms with Gasteiger partial charge in [-0.05, 0) is 37.0 Å². The third kappa shape index (κ3) is 4.62. The predicted octanol–water partition coefficient (Wildman–Crippen LogP) is 3.46. The van der Waals surface area contributed by atoms with Crippen LogP contribution in [0.15, 0.2) is 29.1 Å². The molecule has 3 rings (SSSR count). The molecular formula is C18H20F3N5O2. The van der Waals surface area contributed by atoms with Crippen molar-refractivity contribution in [1.82, 2.24) is 19.7 Å². The van der Waals surface area contributed by atoms with Crippen LogP contribution in [0.3, 0.4) is 0 Å². The summed E-state index contributed by atoms with van der Waals surface area (Å²) < 4.78 is 38.5. The third-order valence-electron chi connectivity index (χ3n) is 4.24. The predicted molar refractivity (Wildman–Crippen MR) is 98.3 cm³/mol. The fraction of sp³-hybridized carbons (Fsp3) is 0.389. The average molecular weight is 395 g/mol. The molecule has 0 bridgehead atoms. The molecule has 0 aliphatic rings. The lowest BCUT2D eigenvalue weighted by molar-refractivity contribution is -0.140. The monoisotopic (exact) mass is 395 g/mol. The zero-order valence-corrected chi connectivity index (χ0v) is 15.4. The van der Waals surface area contributed by atoms with E-state index in [1.807, 2.05) is 0 Å². The molecule has 3 N–H and O–H groups in total. The molecule has 0 atom stereocenters. The molecule has 0 saturated heterocycles. The van der Waals surface area contributed by atoms with E-state index in [9.17, 15) is 22.8 Å². The van der Waals surface area contributed by atoms with Crippen LogP contribution in [0.25, 0.3) is 11.0 Å². The molecule has 150 valence electrons. The normalized spacial score (nSPS) is 12.1. The van der Waals surface area contributed by atoms with Gasteiger partial charge in [-0.25, -0.2) is 4.79 Å². The van der Waals surface area contributed by atoms with Crippen molar-refractivity contribution in [1.29, 1.82) is 0 Å². The van der Waals surface area contributed by atoms with Crippen LogP contribution in [0.1, 0.15) is 36.3 Å². The molecule has 10 heteroatoms. The van der Waals surface area contributed by atoms with Crippen molar-refractivity contribution in [3.8, 4) is 0 Å². The lowest BCUT2D eigenvalue weighted by Gasteiger charge is -2.07. The Labute approximate surface area is 157 Å². The molecule has 28 heavy (non-hydrogen) atoms. The molecule has 7 nitrogen and oxygen atoms in total. The summed E-state index contributed by atoms with van der Waals surface area (Å²) in [7, 11) is 0. The summed E-state index contributed by atoms with van der Waals surface area (Å²) in [4.78, 5) is 26.5. The first-order valence-corrected chi connectivity index (χ1v) is 8.77. The van der Waals surface area contributed by atoms with E-state index in [0.29, 0.717) is 16.3 Å². The van der Waals surface area contributed by atoms with Crippen molar-refractivity contribution < 1.29 is 18.0 Å². The second-order valence-electron chi connectivity index (χ2n) is 7.03. The van der Waals surface area contributed by atoms with Gasteiger partial charge >= 0.3 is 11.9 Å². The van der Waals surface area contributed by atoms with Gasteiger partial charge < -0.3 is 10.3 Å². The van der Waals surface area contributed by atoms with Crippen molar-refractivity contribution >= 4 is 22.8 Å². The number of fused-ring (bicyclic) bond motifs is 1. The summed E-state index contributed by atoms with van der Waals surface area (Å²) in [6, 6.07) is 5.75. The van der Waals surface area contributed by atoms with Crippen molar-refractivity contribution in [3.63, 3.8) is 0 Å². The number of rotatable bonds is 6. The van der Waals surface area contributed by atoms with E-state index in [1.54, 1.807) is 6.07 Å². The summed E-state index contributed by atoms with van der Waals surface area (Å²) in [6.07, 6.45) is -2.74. The maximum Gasteiger partial charge on any atom is 0.406 e. The highest BCUT2D eigenvalue weighted by molar-refractivity contribution is 6.05. The van der Waals surface area contributed by atoms with Crippen LogP contribution < -0.4 is 11.0 Å². The minimum atomic E-state index is -4.53. The van der Waals surface area contributed by atoms with E-state index >= 15 is 0 Å². The number of imidazole rings is 1. The van der Waals surface area contributed by atoms with E-state index < -0.39 is 24.3 Å². The fourth-order valence-corrected chi connectivity index (χ4v) is 2.83. The Morgan fingerprint density at radius 3 is 2.71 bits per heavy atom. The number of carbonyl (C=O) groups is 1. The quantitative estimate of drug-likeness (QED) is 0.596. The Morgan fingerprint density at radius 2 is 2.04 bits per heavy atom. The largest absolute Gasteiger partial charge is 0.406 e. The molecule has 0 saturated carbocycles. The number of anilines is 1. The Bertz CT molecular complexity index is 1050. The van der Waals surface area contributed by atoms with Crippen LogP contribution in [0, 0.1) is 5.92 Å². The number of nitrogens with zero attached hydrogens (tertiary/aromatic N) is 2. The Hall–Kier alpha value is -3.04. The first-order valence-electron chi connectivity index (χ1n) is 8.77. The molecule has 2 heterocycles. The summed E-state index contributed by atoms with van der Waals surface area (Å²) in [5.74, 6) is 0.417. The molecule has 1 aromatic carbocycles. The lowest BCUT2D eigenvalue weighted by atomic mass is 10.1. The molecule has 0 radical (unpaired) electrons. The van der Waals surface area contributed by atoms with E-state index in [2.05, 4.69) is 34.3 Å². The van der Waals surface area contributed by atoms with Gasteiger partial charge in [-0.1, -0.05) is 13.8 Å². The van der Waals surface area contributed by atoms with Crippen LogP contribution in [-0.4, -0.2) is 31.8 Å². The SMILES string of the molecule is CC(C)CCc1cc(NC(=O)c2ccc3c(c2)[nH]c(=O)n3CC(F)(F)F)n[nH]1. The number of benzene rings is 1. The number of aromatic nitrogens is 4. The van der Waals surface area contributed by atoms with Crippen molar-refractivity contribution in [2.24, 2.45) is 5.92 Å². The van der Waals surface area contributed by atoms with Crippen molar-refractivity contribution in [3.05, 3.63) is 46.0 Å². The number of aromatic amines is 2. The first kappa shape index (κ1) is 19.7. The molecular weight excluding hydrogens is 375 g/mol. The molecule has 0 fully saturated rings. The number of halogens is 3. The second-order valence-corrected chi connectivity index (χ2v) is 7.03. The summed E-state index contributed by atoms with van der Waals surface area (Å²) in [5.41, 5.74) is 0.441. The Balaban J connectivity index is 1.76. The van der Waals surface area contributed by atoms with E-state index in [4.69, 9.17) is 0 Å². The Kier molecular flexibility index (Phi) is 5.30. The number of carbonyl (C=O) groups excluding carboxylic acids is 1. The minimum absolute atomic E-state index is 0.0783. The highest BCUT2D eigenvalue weighted by Crippen LogP contribution is 2.21. The second kappa shape index (κ2) is 7.53. The third-order valence-corrected chi connectivity index (χ3v) is 4.24. The molecule has 0 spiro atoms. The summed E-state index contributed by atoms with van der Waals surface area (Å²) in [5, 5.41) is 9.53. The maximum absolute atomic E-state index is 12.6. The number of hydrogen-bond donors (Lipinski definition) is 3. The molecule has 2 aromatic heterocycles. The van der Waals surface area contributed by atoms with E-state index in [1.165, 1.54) is 18.2 Å². The highest BCUT2D eigenvalue weighted by Gasteiger charge is 2.29. The van der Waals surface area contributed by atoms with Gasteiger partial charge in [0.2, 0.25) is 0 Å². The van der Waals surface area contributed by atoms with Gasteiger partial charge in [-0.15, -0.1) is 0 Å². The van der Waals surface area contributed by atoms with E-state index in [0.717, 1.165) is 18.5 Å². The van der Waals surface area contributed by atoms with Gasteiger partial charge in [-0.3, -0.25) is 14.5 Å². The number of H-pyrrole nitrogens is 2. The standard InChI is InChI=1S/C18H20F3N5O2/c1-10(2)3-5-12-8-15(25-24-12)23-16(27)11-4-6-14-13(7-11)22-17(28)26(14)9-18(19,20)21/h4,6-8,10H,3,5,9H2,1-2H3,(H,22,28)(H2,23,24,25,27). The number of hydrogen-bond acceptors (Lipinski definition) is 3. The average Bonchev–Trinajstić information content (AvgIpc) is 3.16. The van der Waals surface area contributed by atoms with Gasteiger partial charge in [0.05, 0.1) is 11.0 Å². The molecule has 3 aromatic rings. The van der Waals surface area contributed by atoms with E-state index in [-0.39, 0.29) is 16.6 Å². The van der Waals surface area contributed by atoms with Gasteiger partial charge in [-0.2, -0.15) is 18.3 Å². The maximum atomic E-state index is 12.6. The van der Waals surface area contributed by atoms with Gasteiger partial charge in [0.1, 0.15) is 6.54 Å². The molecule has 1 amide bonds. The molecule has 0 unspecified atom stereocenters. The number of amides is 1. The first-order chi connectivity index (χ1) is 13.1. The minimum Gasteiger partial charge on any atom is -0.306 e. The summed E-state index contributed by atoms with van der Waals surface area (Å²) in [6.45, 7) is 2.83. The van der Waals surface area contributed by atoms with Crippen LogP contribution in [-0.2, 0) is 13.0 Å². The molecule has 0 aliphatic carbocycles. The van der Waals surface area contributed by atoms with Crippen molar-refractivity contribution in [2.75, 3.05) is 5.32 Å². The van der Waals surface area contributed by atoms with Crippen LogP contribution in [0.5, 0.6) is 0 Å². The lowest BCUT2D eigenvalue weighted by Crippen LogP contribution is -2.26. The zero-order valence-electron chi connectivity index (χ0n) is 15.4. The highest BCUT2D eigenvalue weighted by atomic mass is 19.4. The Morgan fingerprint density at radius 1 is 1.29 bits per heavy atom. The smallest absolute Gasteiger partial charge is 0.306 e. The zero-order chi connectivity index (χ0) is 20.5. The number of aryl methyl sites for hydroxylation is 1. The van der Waals surface area contributed by atoms with Crippen molar-refractivity contribution in [2.45, 2.75) is 39.4 Å². The fourth-order valence-electron chi connectivity index (χ4n) is 2.83. The van der Waals surface area contributed by atoms with Crippen LogP contribution in [0.2, 0.25) is 0 Å². The van der Waals surface area contributed by atoms with Gasteiger partial charge in [0.15, 0.2) is 5.82 Å². The number of alkyl halides is 3. The summed E-state index contributed by atoms with van der Waals surface area (Å²) >= 11 is 0. The molecule has 0 aliphatic heterocycles. The van der Waals surface area contributed by atoms with Gasteiger partial charge in [0, 0.05) is 17.3 Å². The van der Waals surface area contributed by atoms with Crippen LogP contribution >= 0.6 is 0 Å². The van der Waals surface area contributed by atoms with Crippen LogP contribution in [0.4, 0.5) is 19.0 Å². The van der Waals surface area contributed by atoms with Gasteiger partial charge in [0.25, 0.3) is 5.91 Å². The topological polar surface area (TPSA) is 95.6 Å². The number of nitrogens with one attached hydrogen (secondary N) is 3.